The molecule has 1 heterocycles. The number of aromatic carboxylic acids is 1. The Hall–Kier alpha value is -2.31. The number of ether oxygens (including phenoxy) is 1. The molecule has 0 amide bonds. The fourth-order valence-corrected chi connectivity index (χ4v) is 2.99. The number of rotatable bonds is 6. The molecule has 1 N–H and O–H groups in total. The summed E-state index contributed by atoms with van der Waals surface area (Å²) in [6.45, 7) is 0.784. The molecule has 5 nitrogen and oxygen atoms in total. The molecule has 0 radical (unpaired) electrons. The quantitative estimate of drug-likeness (QED) is 0.630. The molecule has 3 aromatic rings. The van der Waals surface area contributed by atoms with Crippen molar-refractivity contribution in [3.8, 4) is 5.75 Å². The van der Waals surface area contributed by atoms with Gasteiger partial charge in [-0.2, -0.15) is 5.10 Å². The molecule has 0 unspecified atom stereocenters. The molecule has 25 heavy (non-hydrogen) atoms. The van der Waals surface area contributed by atoms with Crippen molar-refractivity contribution in [2.24, 2.45) is 0 Å². The van der Waals surface area contributed by atoms with Gasteiger partial charge in [-0.25, -0.2) is 4.79 Å². The summed E-state index contributed by atoms with van der Waals surface area (Å²) < 4.78 is 8.31. The Morgan fingerprint density at radius 1 is 1.24 bits per heavy atom. The minimum Gasteiger partial charge on any atom is -0.489 e. The third kappa shape index (κ3) is 4.41. The van der Waals surface area contributed by atoms with Crippen LogP contribution < -0.4 is 4.74 Å². The number of halogens is 2. The molecule has 2 aromatic carbocycles. The fraction of sp³-hybridized carbons (Fsp3) is 0.111. The highest BCUT2D eigenvalue weighted by Gasteiger charge is 2.15. The van der Waals surface area contributed by atoms with Gasteiger partial charge in [0.05, 0.1) is 11.6 Å². The van der Waals surface area contributed by atoms with E-state index >= 15 is 0 Å². The van der Waals surface area contributed by atoms with Crippen LogP contribution in [0.4, 0.5) is 0 Å². The molecular weight excluding hydrogens is 408 g/mol. The Balaban J connectivity index is 1.81. The van der Waals surface area contributed by atoms with E-state index in [1.54, 1.807) is 0 Å². The van der Waals surface area contributed by atoms with Crippen molar-refractivity contribution >= 4 is 33.5 Å². The summed E-state index contributed by atoms with van der Waals surface area (Å²) in [4.78, 5) is 11.1. The van der Waals surface area contributed by atoms with E-state index in [4.69, 9.17) is 21.4 Å². The minimum atomic E-state index is -1.15. The number of hydrogen-bond donors (Lipinski definition) is 1. The smallest absolute Gasteiger partial charge is 0.357 e. The zero-order valence-corrected chi connectivity index (χ0v) is 15.4. The lowest BCUT2D eigenvalue weighted by Gasteiger charge is -2.12. The second-order valence-electron chi connectivity index (χ2n) is 5.35. The number of carbonyl (C=O) groups is 1. The number of aromatic nitrogens is 2. The van der Waals surface area contributed by atoms with Crippen LogP contribution in [0, 0.1) is 0 Å². The van der Waals surface area contributed by atoms with E-state index in [-0.39, 0.29) is 10.7 Å². The van der Waals surface area contributed by atoms with Gasteiger partial charge in [-0.3, -0.25) is 4.68 Å². The predicted molar refractivity (Wildman–Crippen MR) is 98.2 cm³/mol. The molecule has 7 heteroatoms. The normalized spacial score (nSPS) is 10.6. The number of benzene rings is 2. The maximum Gasteiger partial charge on any atom is 0.357 e. The third-order valence-electron chi connectivity index (χ3n) is 3.51. The Labute approximate surface area is 157 Å². The van der Waals surface area contributed by atoms with E-state index in [1.807, 2.05) is 48.5 Å². The fourth-order valence-electron chi connectivity index (χ4n) is 2.35. The van der Waals surface area contributed by atoms with Crippen molar-refractivity contribution in [3.63, 3.8) is 0 Å². The van der Waals surface area contributed by atoms with Crippen LogP contribution in [0.3, 0.4) is 0 Å². The highest BCUT2D eigenvalue weighted by Crippen LogP contribution is 2.26. The van der Waals surface area contributed by atoms with Crippen molar-refractivity contribution in [3.05, 3.63) is 81.0 Å². The van der Waals surface area contributed by atoms with Crippen molar-refractivity contribution < 1.29 is 14.6 Å². The Morgan fingerprint density at radius 2 is 2.00 bits per heavy atom. The van der Waals surface area contributed by atoms with Crippen LogP contribution in [0.5, 0.6) is 5.75 Å². The van der Waals surface area contributed by atoms with Crippen LogP contribution in [-0.2, 0) is 13.2 Å². The lowest BCUT2D eigenvalue weighted by molar-refractivity contribution is 0.0689. The van der Waals surface area contributed by atoms with E-state index in [0.29, 0.717) is 18.9 Å². The van der Waals surface area contributed by atoms with Crippen LogP contribution in [-0.4, -0.2) is 20.9 Å². The van der Waals surface area contributed by atoms with Crippen LogP contribution in [0.15, 0.2) is 59.2 Å². The summed E-state index contributed by atoms with van der Waals surface area (Å²) >= 11 is 9.36. The van der Waals surface area contributed by atoms with Crippen molar-refractivity contribution in [1.29, 1.82) is 0 Å². The van der Waals surface area contributed by atoms with Crippen molar-refractivity contribution in [2.45, 2.75) is 13.2 Å². The summed E-state index contributed by atoms with van der Waals surface area (Å²) in [5, 5.41) is 13.2. The van der Waals surface area contributed by atoms with Crippen LogP contribution in [0.2, 0.25) is 5.02 Å². The van der Waals surface area contributed by atoms with Gasteiger partial charge in [-0.15, -0.1) is 0 Å². The summed E-state index contributed by atoms with van der Waals surface area (Å²) in [7, 11) is 0. The minimum absolute atomic E-state index is 0.106. The molecule has 128 valence electrons. The first-order valence-corrected chi connectivity index (χ1v) is 8.61. The standard InChI is InChI=1S/C18H14BrClN2O3/c19-14-6-7-16(25-11-12-4-2-1-3-5-12)13(8-14)9-22-10-15(20)17(21-22)18(23)24/h1-8,10H,9,11H2,(H,23,24). The van der Waals surface area contributed by atoms with Crippen LogP contribution >= 0.6 is 27.5 Å². The van der Waals surface area contributed by atoms with Gasteiger partial charge in [-0.1, -0.05) is 57.9 Å². The molecule has 0 bridgehead atoms. The second kappa shape index (κ2) is 7.72. The molecule has 0 spiro atoms. The number of hydrogen-bond acceptors (Lipinski definition) is 3. The van der Waals surface area contributed by atoms with Crippen molar-refractivity contribution in [1.82, 2.24) is 9.78 Å². The molecule has 1 aromatic heterocycles. The first-order valence-electron chi connectivity index (χ1n) is 7.44. The average molecular weight is 422 g/mol. The Bertz CT molecular complexity index is 897. The maximum absolute atomic E-state index is 11.1. The molecule has 0 aliphatic carbocycles. The SMILES string of the molecule is O=C(O)c1nn(Cc2cc(Br)ccc2OCc2ccccc2)cc1Cl. The first kappa shape index (κ1) is 17.5. The highest BCUT2D eigenvalue weighted by atomic mass is 79.9. The van der Waals surface area contributed by atoms with E-state index in [0.717, 1.165) is 15.6 Å². The van der Waals surface area contributed by atoms with Crippen molar-refractivity contribution in [2.75, 3.05) is 0 Å². The van der Waals surface area contributed by atoms with Crippen LogP contribution in [0.1, 0.15) is 21.6 Å². The number of nitrogens with zero attached hydrogens (tertiary/aromatic N) is 2. The monoisotopic (exact) mass is 420 g/mol. The third-order valence-corrected chi connectivity index (χ3v) is 4.28. The van der Waals surface area contributed by atoms with Crippen LogP contribution in [0.25, 0.3) is 0 Å². The summed E-state index contributed by atoms with van der Waals surface area (Å²) in [5.41, 5.74) is 1.76. The summed E-state index contributed by atoms with van der Waals surface area (Å²) in [6.07, 6.45) is 1.49. The topological polar surface area (TPSA) is 64.3 Å². The zero-order chi connectivity index (χ0) is 17.8. The van der Waals surface area contributed by atoms with E-state index in [9.17, 15) is 4.79 Å². The second-order valence-corrected chi connectivity index (χ2v) is 6.68. The molecular formula is C18H14BrClN2O3. The molecule has 0 atom stereocenters. The lowest BCUT2D eigenvalue weighted by Crippen LogP contribution is -2.06. The van der Waals surface area contributed by atoms with Gasteiger partial charge in [0.2, 0.25) is 0 Å². The van der Waals surface area contributed by atoms with Gasteiger partial charge in [0.25, 0.3) is 0 Å². The number of carboxylic acid groups (broad SMARTS) is 1. The molecule has 0 saturated carbocycles. The average Bonchev–Trinajstić information content (AvgIpc) is 2.96. The highest BCUT2D eigenvalue weighted by molar-refractivity contribution is 9.10. The Kier molecular flexibility index (Phi) is 5.40. The van der Waals surface area contributed by atoms with E-state index < -0.39 is 5.97 Å². The largest absolute Gasteiger partial charge is 0.489 e. The van der Waals surface area contributed by atoms with Gasteiger partial charge in [0, 0.05) is 16.2 Å². The molecule has 0 fully saturated rings. The van der Waals surface area contributed by atoms with E-state index in [2.05, 4.69) is 21.0 Å². The zero-order valence-electron chi connectivity index (χ0n) is 13.0. The molecule has 3 rings (SSSR count). The van der Waals surface area contributed by atoms with Gasteiger partial charge in [-0.05, 0) is 23.8 Å². The summed E-state index contributed by atoms with van der Waals surface area (Å²) in [5.74, 6) is -0.450. The lowest BCUT2D eigenvalue weighted by atomic mass is 10.2. The molecule has 0 saturated heterocycles. The van der Waals surface area contributed by atoms with E-state index in [1.165, 1.54) is 10.9 Å². The number of carboxylic acids is 1. The first-order chi connectivity index (χ1) is 12.0. The molecule has 0 aliphatic rings. The van der Waals surface area contributed by atoms with Gasteiger partial charge >= 0.3 is 5.97 Å². The Morgan fingerprint density at radius 3 is 2.68 bits per heavy atom. The maximum atomic E-state index is 11.1. The summed E-state index contributed by atoms with van der Waals surface area (Å²) in [6, 6.07) is 15.5. The predicted octanol–water partition coefficient (Wildman–Crippen LogP) is 4.62. The van der Waals surface area contributed by atoms with Gasteiger partial charge in [0.1, 0.15) is 12.4 Å². The van der Waals surface area contributed by atoms with Gasteiger partial charge < -0.3 is 9.84 Å². The van der Waals surface area contributed by atoms with Gasteiger partial charge in [0.15, 0.2) is 5.69 Å². The molecule has 0 aliphatic heterocycles.